The number of anilines is 2. The predicted molar refractivity (Wildman–Crippen MR) is 68.0 cm³/mol. The lowest BCUT2D eigenvalue weighted by atomic mass is 10.2. The minimum Gasteiger partial charge on any atom is -0.317 e. The first-order chi connectivity index (χ1) is 7.34. The van der Waals surface area contributed by atoms with Crippen LogP contribution in [0.25, 0.3) is 0 Å². The van der Waals surface area contributed by atoms with Crippen molar-refractivity contribution in [2.45, 2.75) is 6.42 Å². The molecule has 0 saturated heterocycles. The molecule has 1 aromatic carbocycles. The molecule has 0 spiro atoms. The summed E-state index contributed by atoms with van der Waals surface area (Å²) in [5, 5.41) is 1.04. The molecule has 15 heavy (non-hydrogen) atoms. The van der Waals surface area contributed by atoms with Gasteiger partial charge in [-0.3, -0.25) is 0 Å². The molecular formula is C10H8N2S3. The molecule has 0 radical (unpaired) electrons. The molecule has 2 heterocycles. The Hall–Kier alpha value is -0.780. The number of hydrogen-bond acceptors (Lipinski definition) is 5. The summed E-state index contributed by atoms with van der Waals surface area (Å²) in [4.78, 5) is 6.63. The first-order valence-electron chi connectivity index (χ1n) is 4.67. The van der Waals surface area contributed by atoms with Gasteiger partial charge < -0.3 is 4.90 Å². The SMILES string of the molecule is S=c1nc(N2CCc3ccccc32)ss1. The van der Waals surface area contributed by atoms with Gasteiger partial charge >= 0.3 is 0 Å². The molecule has 1 aromatic heterocycles. The van der Waals surface area contributed by atoms with Gasteiger partial charge in [-0.2, -0.15) is 4.98 Å². The summed E-state index contributed by atoms with van der Waals surface area (Å²) in [7, 11) is 3.23. The zero-order valence-corrected chi connectivity index (χ0v) is 10.3. The van der Waals surface area contributed by atoms with Crippen LogP contribution in [0.2, 0.25) is 0 Å². The minimum absolute atomic E-state index is 0.736. The van der Waals surface area contributed by atoms with Gasteiger partial charge in [-0.25, -0.2) is 0 Å². The van der Waals surface area contributed by atoms with E-state index in [0.29, 0.717) is 0 Å². The first-order valence-corrected chi connectivity index (χ1v) is 7.23. The zero-order chi connectivity index (χ0) is 10.3. The third kappa shape index (κ3) is 1.60. The summed E-state index contributed by atoms with van der Waals surface area (Å²) in [6, 6.07) is 8.49. The highest BCUT2D eigenvalue weighted by Crippen LogP contribution is 2.36. The highest BCUT2D eigenvalue weighted by atomic mass is 32.9. The second kappa shape index (κ2) is 3.66. The van der Waals surface area contributed by atoms with Crippen molar-refractivity contribution in [3.8, 4) is 0 Å². The molecule has 76 valence electrons. The number of rotatable bonds is 1. The minimum atomic E-state index is 0.736. The van der Waals surface area contributed by atoms with Crippen molar-refractivity contribution in [1.29, 1.82) is 0 Å². The van der Waals surface area contributed by atoms with Crippen molar-refractivity contribution in [3.63, 3.8) is 0 Å². The Morgan fingerprint density at radius 3 is 2.93 bits per heavy atom. The number of aromatic nitrogens is 1. The molecule has 2 aromatic rings. The van der Waals surface area contributed by atoms with Gasteiger partial charge in [-0.05, 0) is 50.9 Å². The molecule has 0 unspecified atom stereocenters. The monoisotopic (exact) mass is 252 g/mol. The number of hydrogen-bond donors (Lipinski definition) is 0. The average Bonchev–Trinajstić information content (AvgIpc) is 2.83. The van der Waals surface area contributed by atoms with E-state index in [1.807, 2.05) is 0 Å². The van der Waals surface area contributed by atoms with Crippen LogP contribution < -0.4 is 4.90 Å². The molecule has 0 amide bonds. The van der Waals surface area contributed by atoms with Crippen LogP contribution in [-0.4, -0.2) is 11.5 Å². The first kappa shape index (κ1) is 9.45. The molecule has 1 aliphatic rings. The van der Waals surface area contributed by atoms with Crippen molar-refractivity contribution in [1.82, 2.24) is 4.98 Å². The van der Waals surface area contributed by atoms with Crippen LogP contribution in [0.1, 0.15) is 5.56 Å². The third-order valence-corrected chi connectivity index (χ3v) is 5.10. The maximum absolute atomic E-state index is 5.06. The maximum atomic E-state index is 5.06. The van der Waals surface area contributed by atoms with Gasteiger partial charge in [0.2, 0.25) is 5.13 Å². The lowest BCUT2D eigenvalue weighted by molar-refractivity contribution is 0.989. The Morgan fingerprint density at radius 1 is 1.27 bits per heavy atom. The van der Waals surface area contributed by atoms with Gasteiger partial charge in [0.15, 0.2) is 3.95 Å². The van der Waals surface area contributed by atoms with E-state index in [4.69, 9.17) is 12.2 Å². The number of benzene rings is 1. The van der Waals surface area contributed by atoms with E-state index < -0.39 is 0 Å². The maximum Gasteiger partial charge on any atom is 0.202 e. The molecule has 1 aliphatic heterocycles. The fraction of sp³-hybridized carbons (Fsp3) is 0.200. The van der Waals surface area contributed by atoms with Crippen molar-refractivity contribution in [3.05, 3.63) is 33.8 Å². The summed E-state index contributed by atoms with van der Waals surface area (Å²) < 4.78 is 0.736. The summed E-state index contributed by atoms with van der Waals surface area (Å²) in [6.45, 7) is 1.02. The Kier molecular flexibility index (Phi) is 2.31. The Bertz CT molecular complexity index is 543. The molecule has 0 bridgehead atoms. The Labute approximate surface area is 100 Å². The van der Waals surface area contributed by atoms with Gasteiger partial charge in [-0.1, -0.05) is 18.2 Å². The molecule has 0 saturated carbocycles. The highest BCUT2D eigenvalue weighted by Gasteiger charge is 2.21. The standard InChI is InChI=1S/C10H8N2S3/c13-10-11-9(14-15-10)12-6-5-7-3-1-2-4-8(7)12/h1-4H,5-6H2. The second-order valence-electron chi connectivity index (χ2n) is 3.36. The van der Waals surface area contributed by atoms with Gasteiger partial charge in [0.05, 0.1) is 0 Å². The summed E-state index contributed by atoms with van der Waals surface area (Å²) in [5.74, 6) is 0. The fourth-order valence-electron chi connectivity index (χ4n) is 1.83. The van der Waals surface area contributed by atoms with Crippen LogP contribution in [0.5, 0.6) is 0 Å². The van der Waals surface area contributed by atoms with Crippen LogP contribution >= 0.6 is 32.9 Å². The van der Waals surface area contributed by atoms with Crippen LogP contribution in [0.4, 0.5) is 10.8 Å². The second-order valence-corrected chi connectivity index (χ2v) is 6.09. The molecule has 2 nitrogen and oxygen atoms in total. The fourth-order valence-corrected chi connectivity index (χ4v) is 3.95. The van der Waals surface area contributed by atoms with Gasteiger partial charge in [0, 0.05) is 12.2 Å². The molecule has 0 aliphatic carbocycles. The van der Waals surface area contributed by atoms with E-state index in [1.165, 1.54) is 11.3 Å². The van der Waals surface area contributed by atoms with E-state index >= 15 is 0 Å². The van der Waals surface area contributed by atoms with Crippen molar-refractivity contribution in [2.75, 3.05) is 11.4 Å². The lowest BCUT2D eigenvalue weighted by Gasteiger charge is -2.14. The van der Waals surface area contributed by atoms with Crippen molar-refractivity contribution in [2.24, 2.45) is 0 Å². The predicted octanol–water partition coefficient (Wildman–Crippen LogP) is 3.63. The summed E-state index contributed by atoms with van der Waals surface area (Å²) in [6.07, 6.45) is 1.10. The van der Waals surface area contributed by atoms with Crippen LogP contribution in [0.3, 0.4) is 0 Å². The van der Waals surface area contributed by atoms with Gasteiger partial charge in [0.1, 0.15) is 0 Å². The number of fused-ring (bicyclic) bond motifs is 1. The van der Waals surface area contributed by atoms with Crippen LogP contribution in [0, 0.1) is 3.95 Å². The summed E-state index contributed by atoms with van der Waals surface area (Å²) >= 11 is 5.06. The average molecular weight is 252 g/mol. The van der Waals surface area contributed by atoms with E-state index in [-0.39, 0.29) is 0 Å². The smallest absolute Gasteiger partial charge is 0.202 e. The molecule has 0 fully saturated rings. The van der Waals surface area contributed by atoms with E-state index in [2.05, 4.69) is 34.1 Å². The lowest BCUT2D eigenvalue weighted by Crippen LogP contribution is -2.12. The third-order valence-electron chi connectivity index (χ3n) is 2.49. The molecule has 5 heteroatoms. The van der Waals surface area contributed by atoms with Crippen LogP contribution in [-0.2, 0) is 6.42 Å². The number of para-hydroxylation sites is 1. The number of nitrogens with zero attached hydrogens (tertiary/aromatic N) is 2. The normalized spacial score (nSPS) is 14.3. The molecule has 0 atom stereocenters. The Balaban J connectivity index is 2.07. The van der Waals surface area contributed by atoms with Crippen molar-refractivity contribution < 1.29 is 0 Å². The van der Waals surface area contributed by atoms with E-state index in [1.54, 1.807) is 20.7 Å². The molecule has 3 rings (SSSR count). The van der Waals surface area contributed by atoms with Gasteiger partial charge in [-0.15, -0.1) is 0 Å². The van der Waals surface area contributed by atoms with E-state index in [9.17, 15) is 0 Å². The molecular weight excluding hydrogens is 244 g/mol. The summed E-state index contributed by atoms with van der Waals surface area (Å²) in [5.41, 5.74) is 2.69. The Morgan fingerprint density at radius 2 is 2.13 bits per heavy atom. The highest BCUT2D eigenvalue weighted by molar-refractivity contribution is 7.79. The topological polar surface area (TPSA) is 16.1 Å². The molecule has 0 N–H and O–H groups in total. The van der Waals surface area contributed by atoms with Crippen LogP contribution in [0.15, 0.2) is 24.3 Å². The van der Waals surface area contributed by atoms with Gasteiger partial charge in [0.25, 0.3) is 0 Å². The quantitative estimate of drug-likeness (QED) is 0.569. The zero-order valence-electron chi connectivity index (χ0n) is 7.84. The largest absolute Gasteiger partial charge is 0.317 e. The van der Waals surface area contributed by atoms with E-state index in [0.717, 1.165) is 22.1 Å². The van der Waals surface area contributed by atoms with Crippen molar-refractivity contribution >= 4 is 43.7 Å².